The van der Waals surface area contributed by atoms with Crippen LogP contribution < -0.4 is 10.1 Å². The maximum atomic E-state index is 5.37. The van der Waals surface area contributed by atoms with Crippen molar-refractivity contribution in [2.45, 2.75) is 44.8 Å². The number of guanidine groups is 1. The molecule has 1 aromatic heterocycles. The number of benzene rings is 1. The first kappa shape index (κ1) is 24.9. The SMILES string of the molecule is CCNC(=NCC1(c2ccc(OC)cc2)CC1)N(C)Cc1csc(C(C)OC)n1.I. The molecule has 2 aromatic rings. The van der Waals surface area contributed by atoms with Gasteiger partial charge in [0.15, 0.2) is 5.96 Å². The Kier molecular flexibility index (Phi) is 9.36. The zero-order valence-corrected chi connectivity index (χ0v) is 21.6. The van der Waals surface area contributed by atoms with E-state index >= 15 is 0 Å². The van der Waals surface area contributed by atoms with E-state index in [1.807, 2.05) is 19.1 Å². The van der Waals surface area contributed by atoms with Crippen molar-refractivity contribution in [1.29, 1.82) is 0 Å². The maximum Gasteiger partial charge on any atom is 0.194 e. The summed E-state index contributed by atoms with van der Waals surface area (Å²) in [5, 5.41) is 6.53. The van der Waals surface area contributed by atoms with Crippen LogP contribution in [0.3, 0.4) is 0 Å². The van der Waals surface area contributed by atoms with E-state index in [4.69, 9.17) is 19.5 Å². The van der Waals surface area contributed by atoms with E-state index in [0.717, 1.165) is 35.5 Å². The number of aromatic nitrogens is 1. The lowest BCUT2D eigenvalue weighted by atomic mass is 9.96. The van der Waals surface area contributed by atoms with Gasteiger partial charge in [0.25, 0.3) is 0 Å². The molecule has 0 saturated heterocycles. The molecule has 1 fully saturated rings. The highest BCUT2D eigenvalue weighted by molar-refractivity contribution is 14.0. The second-order valence-corrected chi connectivity index (χ2v) is 8.48. The molecule has 1 N–H and O–H groups in total. The lowest BCUT2D eigenvalue weighted by Gasteiger charge is -2.22. The van der Waals surface area contributed by atoms with Gasteiger partial charge in [-0.05, 0) is 44.4 Å². The Bertz CT molecular complexity index is 821. The van der Waals surface area contributed by atoms with Gasteiger partial charge < -0.3 is 19.7 Å². The molecule has 1 heterocycles. The van der Waals surface area contributed by atoms with E-state index in [1.165, 1.54) is 18.4 Å². The molecule has 1 aromatic carbocycles. The summed E-state index contributed by atoms with van der Waals surface area (Å²) in [6.45, 7) is 6.46. The second kappa shape index (κ2) is 11.3. The fourth-order valence-electron chi connectivity index (χ4n) is 3.33. The normalized spacial score (nSPS) is 15.8. The summed E-state index contributed by atoms with van der Waals surface area (Å²) in [6.07, 6.45) is 2.38. The van der Waals surface area contributed by atoms with Crippen LogP contribution in [0.2, 0.25) is 0 Å². The maximum absolute atomic E-state index is 5.37. The zero-order chi connectivity index (χ0) is 20.9. The number of thiazole rings is 1. The van der Waals surface area contributed by atoms with Crippen LogP contribution in [0.5, 0.6) is 5.75 Å². The molecule has 3 rings (SSSR count). The van der Waals surface area contributed by atoms with Gasteiger partial charge in [0, 0.05) is 31.5 Å². The van der Waals surface area contributed by atoms with Crippen molar-refractivity contribution < 1.29 is 9.47 Å². The van der Waals surface area contributed by atoms with Gasteiger partial charge in [-0.15, -0.1) is 35.3 Å². The molecule has 30 heavy (non-hydrogen) atoms. The standard InChI is InChI=1S/C22H32N4O2S.HI/c1-6-23-21(26(3)13-18-14-29-20(25-18)16(2)27-4)24-15-22(11-12-22)17-7-9-19(28-5)10-8-17;/h7-10,14,16H,6,11-13,15H2,1-5H3,(H,23,24);1H. The Morgan fingerprint density at radius 1 is 1.30 bits per heavy atom. The minimum absolute atomic E-state index is 0. The molecule has 0 radical (unpaired) electrons. The average molecular weight is 545 g/mol. The molecule has 0 spiro atoms. The van der Waals surface area contributed by atoms with E-state index < -0.39 is 0 Å². The molecule has 1 aliphatic rings. The molecule has 1 unspecified atom stereocenters. The van der Waals surface area contributed by atoms with Gasteiger partial charge >= 0.3 is 0 Å². The van der Waals surface area contributed by atoms with Crippen molar-refractivity contribution >= 4 is 41.3 Å². The predicted octanol–water partition coefficient (Wildman–Crippen LogP) is 4.61. The fourth-order valence-corrected chi connectivity index (χ4v) is 4.17. The van der Waals surface area contributed by atoms with Gasteiger partial charge in [0.2, 0.25) is 0 Å². The van der Waals surface area contributed by atoms with Crippen molar-refractivity contribution in [3.05, 3.63) is 45.9 Å². The van der Waals surface area contributed by atoms with Crippen LogP contribution in [0.4, 0.5) is 0 Å². The van der Waals surface area contributed by atoms with Gasteiger partial charge in [-0.1, -0.05) is 12.1 Å². The van der Waals surface area contributed by atoms with Crippen LogP contribution >= 0.6 is 35.3 Å². The Labute approximate surface area is 201 Å². The van der Waals surface area contributed by atoms with Crippen molar-refractivity contribution in [2.24, 2.45) is 4.99 Å². The lowest BCUT2D eigenvalue weighted by Crippen LogP contribution is -2.39. The van der Waals surface area contributed by atoms with Crippen LogP contribution in [-0.2, 0) is 16.7 Å². The quantitative estimate of drug-likeness (QED) is 0.284. The number of halogens is 1. The minimum Gasteiger partial charge on any atom is -0.497 e. The minimum atomic E-state index is 0. The van der Waals surface area contributed by atoms with Gasteiger partial charge in [-0.2, -0.15) is 0 Å². The molecular weight excluding hydrogens is 511 g/mol. The van der Waals surface area contributed by atoms with Crippen molar-refractivity contribution in [1.82, 2.24) is 15.2 Å². The largest absolute Gasteiger partial charge is 0.497 e. The van der Waals surface area contributed by atoms with E-state index in [9.17, 15) is 0 Å². The highest BCUT2D eigenvalue weighted by Gasteiger charge is 2.44. The smallest absolute Gasteiger partial charge is 0.194 e. The Balaban J connectivity index is 0.00000320. The molecule has 1 saturated carbocycles. The number of nitrogens with one attached hydrogen (secondary N) is 1. The summed E-state index contributed by atoms with van der Waals surface area (Å²) in [5.74, 6) is 1.81. The molecule has 0 aliphatic heterocycles. The van der Waals surface area contributed by atoms with E-state index in [-0.39, 0.29) is 35.5 Å². The Hall–Kier alpha value is -1.39. The second-order valence-electron chi connectivity index (χ2n) is 7.59. The third-order valence-electron chi connectivity index (χ3n) is 5.45. The third kappa shape index (κ3) is 6.07. The molecule has 1 aliphatic carbocycles. The zero-order valence-electron chi connectivity index (χ0n) is 18.5. The summed E-state index contributed by atoms with van der Waals surface area (Å²) in [7, 11) is 5.48. The van der Waals surface area contributed by atoms with Gasteiger partial charge in [0.05, 0.1) is 25.9 Å². The van der Waals surface area contributed by atoms with Crippen molar-refractivity contribution in [2.75, 3.05) is 34.4 Å². The first-order valence-electron chi connectivity index (χ1n) is 10.1. The summed E-state index contributed by atoms with van der Waals surface area (Å²) >= 11 is 1.64. The number of nitrogens with zero attached hydrogens (tertiary/aromatic N) is 3. The number of hydrogen-bond donors (Lipinski definition) is 1. The predicted molar refractivity (Wildman–Crippen MR) is 134 cm³/mol. The number of hydrogen-bond acceptors (Lipinski definition) is 5. The first-order chi connectivity index (χ1) is 14.0. The third-order valence-corrected chi connectivity index (χ3v) is 6.51. The Morgan fingerprint density at radius 3 is 2.57 bits per heavy atom. The van der Waals surface area contributed by atoms with E-state index in [2.05, 4.69) is 41.7 Å². The van der Waals surface area contributed by atoms with E-state index in [0.29, 0.717) is 6.54 Å². The molecule has 6 nitrogen and oxygen atoms in total. The number of methoxy groups -OCH3 is 2. The lowest BCUT2D eigenvalue weighted by molar-refractivity contribution is 0.119. The van der Waals surface area contributed by atoms with Crippen LogP contribution in [0.15, 0.2) is 34.6 Å². The molecular formula is C22H33IN4O2S. The number of rotatable bonds is 9. The van der Waals surface area contributed by atoms with Gasteiger partial charge in [-0.25, -0.2) is 4.98 Å². The number of aliphatic imine (C=N–C) groups is 1. The van der Waals surface area contributed by atoms with Crippen LogP contribution in [0, 0.1) is 0 Å². The van der Waals surface area contributed by atoms with Crippen LogP contribution in [-0.4, -0.2) is 50.2 Å². The summed E-state index contributed by atoms with van der Waals surface area (Å²) < 4.78 is 10.7. The van der Waals surface area contributed by atoms with Crippen molar-refractivity contribution in [3.63, 3.8) is 0 Å². The summed E-state index contributed by atoms with van der Waals surface area (Å²) in [6, 6.07) is 8.42. The highest BCUT2D eigenvalue weighted by Crippen LogP contribution is 2.48. The molecule has 0 amide bonds. The molecule has 0 bridgehead atoms. The first-order valence-corrected chi connectivity index (χ1v) is 11.0. The van der Waals surface area contributed by atoms with Crippen LogP contribution in [0.1, 0.15) is 49.1 Å². The average Bonchev–Trinajstić information content (AvgIpc) is 3.40. The summed E-state index contributed by atoms with van der Waals surface area (Å²) in [4.78, 5) is 11.8. The van der Waals surface area contributed by atoms with Gasteiger partial charge in [0.1, 0.15) is 16.9 Å². The van der Waals surface area contributed by atoms with Crippen LogP contribution in [0.25, 0.3) is 0 Å². The molecule has 8 heteroatoms. The number of ether oxygens (including phenoxy) is 2. The fraction of sp³-hybridized carbons (Fsp3) is 0.545. The summed E-state index contributed by atoms with van der Waals surface area (Å²) in [5.41, 5.74) is 2.55. The topological polar surface area (TPSA) is 59.0 Å². The highest BCUT2D eigenvalue weighted by atomic mass is 127. The van der Waals surface area contributed by atoms with Gasteiger partial charge in [-0.3, -0.25) is 4.99 Å². The molecule has 1 atom stereocenters. The Morgan fingerprint density at radius 2 is 2.00 bits per heavy atom. The van der Waals surface area contributed by atoms with Crippen molar-refractivity contribution in [3.8, 4) is 5.75 Å². The van der Waals surface area contributed by atoms with E-state index in [1.54, 1.807) is 25.6 Å². The monoisotopic (exact) mass is 544 g/mol. The molecule has 166 valence electrons.